The van der Waals surface area contributed by atoms with Crippen LogP contribution in [-0.4, -0.2) is 37.1 Å². The number of aromatic nitrogens is 1. The SMILES string of the molecule is COCCCNC(=O)c1c(NC(=O)c2ccccn2)sc2c1CCCC2. The maximum atomic E-state index is 12.8. The van der Waals surface area contributed by atoms with Gasteiger partial charge in [0.25, 0.3) is 11.8 Å². The van der Waals surface area contributed by atoms with Crippen molar-refractivity contribution in [2.45, 2.75) is 32.1 Å². The first-order valence-corrected chi connectivity index (χ1v) is 9.66. The molecule has 0 aliphatic heterocycles. The van der Waals surface area contributed by atoms with Gasteiger partial charge in [-0.05, 0) is 49.8 Å². The van der Waals surface area contributed by atoms with Crippen molar-refractivity contribution in [2.24, 2.45) is 0 Å². The highest BCUT2D eigenvalue weighted by Gasteiger charge is 2.26. The number of aryl methyl sites for hydroxylation is 1. The molecule has 1 aliphatic rings. The van der Waals surface area contributed by atoms with Crippen LogP contribution < -0.4 is 10.6 Å². The summed E-state index contributed by atoms with van der Waals surface area (Å²) in [6.07, 6.45) is 6.37. The number of hydrogen-bond donors (Lipinski definition) is 2. The van der Waals surface area contributed by atoms with Crippen molar-refractivity contribution in [3.63, 3.8) is 0 Å². The zero-order valence-electron chi connectivity index (χ0n) is 14.8. The van der Waals surface area contributed by atoms with Gasteiger partial charge in [-0.25, -0.2) is 0 Å². The molecular weight excluding hydrogens is 350 g/mol. The number of ether oxygens (including phenoxy) is 1. The Labute approximate surface area is 157 Å². The molecule has 0 atom stereocenters. The van der Waals surface area contributed by atoms with Crippen LogP contribution in [0.15, 0.2) is 24.4 Å². The van der Waals surface area contributed by atoms with Gasteiger partial charge in [-0.3, -0.25) is 14.6 Å². The molecule has 0 bridgehead atoms. The Balaban J connectivity index is 1.81. The molecule has 1 aliphatic carbocycles. The number of fused-ring (bicyclic) bond motifs is 1. The molecule has 7 heteroatoms. The van der Waals surface area contributed by atoms with Gasteiger partial charge in [0.1, 0.15) is 10.7 Å². The number of nitrogens with zero attached hydrogens (tertiary/aromatic N) is 1. The van der Waals surface area contributed by atoms with Crippen LogP contribution >= 0.6 is 11.3 Å². The zero-order valence-corrected chi connectivity index (χ0v) is 15.7. The minimum absolute atomic E-state index is 0.128. The maximum Gasteiger partial charge on any atom is 0.274 e. The summed E-state index contributed by atoms with van der Waals surface area (Å²) in [6, 6.07) is 5.19. The third kappa shape index (κ3) is 4.28. The number of nitrogens with one attached hydrogen (secondary N) is 2. The number of carbonyl (C=O) groups is 2. The highest BCUT2D eigenvalue weighted by Crippen LogP contribution is 2.38. The second-order valence-electron chi connectivity index (χ2n) is 6.19. The predicted octanol–water partition coefficient (Wildman–Crippen LogP) is 3.04. The molecule has 3 rings (SSSR count). The number of rotatable bonds is 7. The molecule has 0 unspecified atom stereocenters. The number of carbonyl (C=O) groups excluding carboxylic acids is 2. The van der Waals surface area contributed by atoms with Crippen molar-refractivity contribution in [2.75, 3.05) is 25.6 Å². The van der Waals surface area contributed by atoms with Crippen molar-refractivity contribution in [3.8, 4) is 0 Å². The van der Waals surface area contributed by atoms with E-state index < -0.39 is 0 Å². The van der Waals surface area contributed by atoms with Gasteiger partial charge in [-0.1, -0.05) is 6.07 Å². The minimum Gasteiger partial charge on any atom is -0.385 e. The average molecular weight is 373 g/mol. The molecule has 2 amide bonds. The van der Waals surface area contributed by atoms with Crippen molar-refractivity contribution < 1.29 is 14.3 Å². The molecule has 6 nitrogen and oxygen atoms in total. The normalized spacial score (nSPS) is 13.1. The summed E-state index contributed by atoms with van der Waals surface area (Å²) in [5.41, 5.74) is 2.04. The van der Waals surface area contributed by atoms with E-state index in [0.29, 0.717) is 29.4 Å². The summed E-state index contributed by atoms with van der Waals surface area (Å²) >= 11 is 1.51. The number of amides is 2. The van der Waals surface area contributed by atoms with Crippen LogP contribution in [0.25, 0.3) is 0 Å². The fraction of sp³-hybridized carbons (Fsp3) is 0.421. The smallest absolute Gasteiger partial charge is 0.274 e. The summed E-state index contributed by atoms with van der Waals surface area (Å²) in [7, 11) is 1.64. The van der Waals surface area contributed by atoms with E-state index in [1.807, 2.05) is 0 Å². The summed E-state index contributed by atoms with van der Waals surface area (Å²) in [6.45, 7) is 1.15. The van der Waals surface area contributed by atoms with Gasteiger partial charge in [0.15, 0.2) is 0 Å². The van der Waals surface area contributed by atoms with Crippen LogP contribution in [0.3, 0.4) is 0 Å². The van der Waals surface area contributed by atoms with E-state index in [9.17, 15) is 9.59 Å². The van der Waals surface area contributed by atoms with E-state index in [1.165, 1.54) is 16.2 Å². The lowest BCUT2D eigenvalue weighted by molar-refractivity contribution is 0.0948. The van der Waals surface area contributed by atoms with Gasteiger partial charge in [-0.2, -0.15) is 0 Å². The molecule has 0 fully saturated rings. The van der Waals surface area contributed by atoms with Gasteiger partial charge < -0.3 is 15.4 Å². The monoisotopic (exact) mass is 373 g/mol. The predicted molar refractivity (Wildman–Crippen MR) is 102 cm³/mol. The number of pyridine rings is 1. The van der Waals surface area contributed by atoms with Crippen LogP contribution in [-0.2, 0) is 17.6 Å². The van der Waals surface area contributed by atoms with E-state index in [-0.39, 0.29) is 11.8 Å². The Hall–Kier alpha value is -2.25. The van der Waals surface area contributed by atoms with Crippen molar-refractivity contribution in [1.29, 1.82) is 0 Å². The Morgan fingerprint density at radius 1 is 1.23 bits per heavy atom. The van der Waals surface area contributed by atoms with Gasteiger partial charge in [0.2, 0.25) is 0 Å². The molecule has 2 N–H and O–H groups in total. The Morgan fingerprint density at radius 2 is 2.08 bits per heavy atom. The van der Waals surface area contributed by atoms with E-state index in [2.05, 4.69) is 15.6 Å². The molecule has 138 valence electrons. The number of methoxy groups -OCH3 is 1. The number of anilines is 1. The van der Waals surface area contributed by atoms with Gasteiger partial charge >= 0.3 is 0 Å². The standard InChI is InChI=1S/C19H23N3O3S/c1-25-12-6-11-21-18(24)16-13-7-2-3-9-15(13)26-19(16)22-17(23)14-8-4-5-10-20-14/h4-5,8,10H,2-3,6-7,9,11-12H2,1H3,(H,21,24)(H,22,23). The molecule has 26 heavy (non-hydrogen) atoms. The van der Waals surface area contributed by atoms with Crippen molar-refractivity contribution >= 4 is 28.2 Å². The lowest BCUT2D eigenvalue weighted by Crippen LogP contribution is -2.27. The van der Waals surface area contributed by atoms with Crippen LogP contribution in [0, 0.1) is 0 Å². The Bertz CT molecular complexity index is 774. The number of hydrogen-bond acceptors (Lipinski definition) is 5. The molecule has 2 aromatic heterocycles. The fourth-order valence-electron chi connectivity index (χ4n) is 3.07. The second kappa shape index (κ2) is 8.91. The number of thiophene rings is 1. The largest absolute Gasteiger partial charge is 0.385 e. The first-order chi connectivity index (χ1) is 12.7. The fourth-order valence-corrected chi connectivity index (χ4v) is 4.35. The molecule has 0 aromatic carbocycles. The molecule has 0 spiro atoms. The Morgan fingerprint density at radius 3 is 2.85 bits per heavy atom. The van der Waals surface area contributed by atoms with Crippen LogP contribution in [0.2, 0.25) is 0 Å². The third-order valence-electron chi connectivity index (χ3n) is 4.33. The van der Waals surface area contributed by atoms with Gasteiger partial charge in [0, 0.05) is 31.3 Å². The minimum atomic E-state index is -0.294. The maximum absolute atomic E-state index is 12.8. The summed E-state index contributed by atoms with van der Waals surface area (Å²) in [4.78, 5) is 30.5. The van der Waals surface area contributed by atoms with Crippen molar-refractivity contribution in [1.82, 2.24) is 10.3 Å². The molecular formula is C19H23N3O3S. The third-order valence-corrected chi connectivity index (χ3v) is 5.54. The highest BCUT2D eigenvalue weighted by atomic mass is 32.1. The Kier molecular flexibility index (Phi) is 6.35. The van der Waals surface area contributed by atoms with Gasteiger partial charge in [0.05, 0.1) is 5.56 Å². The zero-order chi connectivity index (χ0) is 18.4. The lowest BCUT2D eigenvalue weighted by Gasteiger charge is -2.13. The van der Waals surface area contributed by atoms with E-state index in [0.717, 1.165) is 37.7 Å². The summed E-state index contributed by atoms with van der Waals surface area (Å²) in [5, 5.41) is 6.46. The average Bonchev–Trinajstić information content (AvgIpc) is 3.03. The molecule has 0 radical (unpaired) electrons. The summed E-state index contributed by atoms with van der Waals surface area (Å²) < 4.78 is 5.02. The lowest BCUT2D eigenvalue weighted by atomic mass is 9.95. The molecule has 0 saturated heterocycles. The van der Waals surface area contributed by atoms with E-state index in [1.54, 1.807) is 31.5 Å². The summed E-state index contributed by atoms with van der Waals surface area (Å²) in [5.74, 6) is -0.422. The highest BCUT2D eigenvalue weighted by molar-refractivity contribution is 7.17. The van der Waals surface area contributed by atoms with E-state index in [4.69, 9.17) is 4.74 Å². The molecule has 2 aromatic rings. The quantitative estimate of drug-likeness (QED) is 0.731. The van der Waals surface area contributed by atoms with Gasteiger partial charge in [-0.15, -0.1) is 11.3 Å². The van der Waals surface area contributed by atoms with E-state index >= 15 is 0 Å². The van der Waals surface area contributed by atoms with Crippen LogP contribution in [0.5, 0.6) is 0 Å². The molecule has 0 saturated carbocycles. The van der Waals surface area contributed by atoms with Crippen molar-refractivity contribution in [3.05, 3.63) is 46.1 Å². The first kappa shape index (κ1) is 18.5. The molecule has 2 heterocycles. The second-order valence-corrected chi connectivity index (χ2v) is 7.29. The topological polar surface area (TPSA) is 80.3 Å². The van der Waals surface area contributed by atoms with Crippen LogP contribution in [0.4, 0.5) is 5.00 Å². The first-order valence-electron chi connectivity index (χ1n) is 8.84. The van der Waals surface area contributed by atoms with Crippen LogP contribution in [0.1, 0.15) is 50.5 Å².